The summed E-state index contributed by atoms with van der Waals surface area (Å²) >= 11 is 5.95. The summed E-state index contributed by atoms with van der Waals surface area (Å²) in [5, 5.41) is 0.362. The summed E-state index contributed by atoms with van der Waals surface area (Å²) in [6.45, 7) is 0. The highest BCUT2D eigenvalue weighted by molar-refractivity contribution is 6.35. The van der Waals surface area contributed by atoms with Gasteiger partial charge in [0.2, 0.25) is 0 Å². The lowest BCUT2D eigenvalue weighted by atomic mass is 10.2. The molecule has 0 atom stereocenters. The van der Waals surface area contributed by atoms with Crippen molar-refractivity contribution in [2.75, 3.05) is 5.73 Å². The van der Waals surface area contributed by atoms with Crippen LogP contribution in [0.5, 0.6) is 0 Å². The van der Waals surface area contributed by atoms with Gasteiger partial charge in [-0.3, -0.25) is 4.98 Å². The van der Waals surface area contributed by atoms with Crippen molar-refractivity contribution in [2.24, 2.45) is 0 Å². The van der Waals surface area contributed by atoms with E-state index >= 15 is 0 Å². The van der Waals surface area contributed by atoms with E-state index in [1.807, 2.05) is 12.1 Å². The number of rotatable bonds is 1. The SMILES string of the molecule is Nc1ncnc(-c2cccnc2)c1Cl. The van der Waals surface area contributed by atoms with E-state index in [1.54, 1.807) is 12.4 Å². The van der Waals surface area contributed by atoms with Crippen molar-refractivity contribution in [1.82, 2.24) is 15.0 Å². The quantitative estimate of drug-likeness (QED) is 0.773. The number of aromatic nitrogens is 3. The standard InChI is InChI=1S/C9H7ClN4/c10-7-8(13-5-14-9(7)11)6-2-1-3-12-4-6/h1-5H,(H2,11,13,14). The van der Waals surface area contributed by atoms with Crippen molar-refractivity contribution >= 4 is 17.4 Å². The van der Waals surface area contributed by atoms with E-state index in [4.69, 9.17) is 17.3 Å². The summed E-state index contributed by atoms with van der Waals surface area (Å²) in [5.41, 5.74) is 6.98. The van der Waals surface area contributed by atoms with E-state index in [-0.39, 0.29) is 5.82 Å². The smallest absolute Gasteiger partial charge is 0.146 e. The van der Waals surface area contributed by atoms with Gasteiger partial charge in [0.15, 0.2) is 0 Å². The summed E-state index contributed by atoms with van der Waals surface area (Å²) in [6.07, 6.45) is 4.74. The van der Waals surface area contributed by atoms with Gasteiger partial charge in [-0.05, 0) is 12.1 Å². The van der Waals surface area contributed by atoms with Crippen LogP contribution in [0.2, 0.25) is 5.02 Å². The van der Waals surface area contributed by atoms with Gasteiger partial charge < -0.3 is 5.73 Å². The molecule has 0 unspecified atom stereocenters. The Hall–Kier alpha value is -1.68. The Morgan fingerprint density at radius 2 is 2.14 bits per heavy atom. The summed E-state index contributed by atoms with van der Waals surface area (Å²) in [6, 6.07) is 3.67. The number of hydrogen-bond acceptors (Lipinski definition) is 4. The van der Waals surface area contributed by atoms with E-state index in [9.17, 15) is 0 Å². The highest BCUT2D eigenvalue weighted by Crippen LogP contribution is 2.27. The first-order valence-corrected chi connectivity index (χ1v) is 4.33. The van der Waals surface area contributed by atoms with Crippen LogP contribution in [0.4, 0.5) is 5.82 Å². The van der Waals surface area contributed by atoms with Gasteiger partial charge >= 0.3 is 0 Å². The molecule has 0 bridgehead atoms. The Kier molecular flexibility index (Phi) is 2.28. The maximum Gasteiger partial charge on any atom is 0.146 e. The third-order valence-corrected chi connectivity index (χ3v) is 2.12. The normalized spacial score (nSPS) is 10.1. The number of nitrogens with zero attached hydrogens (tertiary/aromatic N) is 3. The molecular formula is C9H7ClN4. The molecule has 14 heavy (non-hydrogen) atoms. The van der Waals surface area contributed by atoms with Crippen LogP contribution in [0.15, 0.2) is 30.9 Å². The minimum Gasteiger partial charge on any atom is -0.382 e. The molecule has 4 nitrogen and oxygen atoms in total. The maximum absolute atomic E-state index is 5.95. The molecule has 2 aromatic heterocycles. The zero-order valence-corrected chi connectivity index (χ0v) is 7.94. The zero-order valence-electron chi connectivity index (χ0n) is 7.18. The van der Waals surface area contributed by atoms with Crippen LogP contribution in [0, 0.1) is 0 Å². The molecule has 0 aliphatic heterocycles. The van der Waals surface area contributed by atoms with E-state index in [0.717, 1.165) is 5.56 Å². The van der Waals surface area contributed by atoms with Crippen LogP contribution in [0.3, 0.4) is 0 Å². The number of anilines is 1. The van der Waals surface area contributed by atoms with Crippen molar-refractivity contribution in [3.05, 3.63) is 35.9 Å². The van der Waals surface area contributed by atoms with Gasteiger partial charge in [-0.2, -0.15) is 0 Å². The first-order valence-electron chi connectivity index (χ1n) is 3.95. The Morgan fingerprint density at radius 1 is 1.29 bits per heavy atom. The van der Waals surface area contributed by atoms with Crippen molar-refractivity contribution in [3.8, 4) is 11.3 Å². The first-order chi connectivity index (χ1) is 6.79. The molecule has 2 rings (SSSR count). The van der Waals surface area contributed by atoms with Gasteiger partial charge in [0, 0.05) is 18.0 Å². The average Bonchev–Trinajstić information content (AvgIpc) is 2.23. The van der Waals surface area contributed by atoms with Gasteiger partial charge in [-0.1, -0.05) is 11.6 Å². The summed E-state index contributed by atoms with van der Waals surface area (Å²) < 4.78 is 0. The van der Waals surface area contributed by atoms with Gasteiger partial charge in [-0.25, -0.2) is 9.97 Å². The van der Waals surface area contributed by atoms with Crippen molar-refractivity contribution < 1.29 is 0 Å². The molecule has 70 valence electrons. The largest absolute Gasteiger partial charge is 0.382 e. The second-order valence-corrected chi connectivity index (χ2v) is 3.04. The fraction of sp³-hybridized carbons (Fsp3) is 0. The lowest BCUT2D eigenvalue weighted by molar-refractivity contribution is 1.17. The second-order valence-electron chi connectivity index (χ2n) is 2.66. The van der Waals surface area contributed by atoms with E-state index in [2.05, 4.69) is 15.0 Å². The number of pyridine rings is 1. The molecule has 5 heteroatoms. The lowest BCUT2D eigenvalue weighted by Crippen LogP contribution is -1.95. The molecule has 0 fully saturated rings. The summed E-state index contributed by atoms with van der Waals surface area (Å²) in [4.78, 5) is 11.8. The van der Waals surface area contributed by atoms with Crippen LogP contribution in [-0.4, -0.2) is 15.0 Å². The lowest BCUT2D eigenvalue weighted by Gasteiger charge is -2.03. The summed E-state index contributed by atoms with van der Waals surface area (Å²) in [7, 11) is 0. The van der Waals surface area contributed by atoms with Crippen LogP contribution < -0.4 is 5.73 Å². The van der Waals surface area contributed by atoms with Crippen molar-refractivity contribution in [1.29, 1.82) is 0 Å². The van der Waals surface area contributed by atoms with E-state index in [0.29, 0.717) is 10.7 Å². The number of halogens is 1. The minimum atomic E-state index is 0.278. The van der Waals surface area contributed by atoms with Gasteiger partial charge in [0.25, 0.3) is 0 Å². The molecule has 0 radical (unpaired) electrons. The molecule has 0 aromatic carbocycles. The highest BCUT2D eigenvalue weighted by atomic mass is 35.5. The number of nitrogen functional groups attached to an aromatic ring is 1. The topological polar surface area (TPSA) is 64.7 Å². The monoisotopic (exact) mass is 206 g/mol. The molecule has 0 spiro atoms. The Morgan fingerprint density at radius 3 is 2.86 bits per heavy atom. The molecule has 2 heterocycles. The van der Waals surface area contributed by atoms with Gasteiger partial charge in [0.1, 0.15) is 17.2 Å². The first kappa shape index (κ1) is 8.90. The summed E-state index contributed by atoms with van der Waals surface area (Å²) in [5.74, 6) is 0.278. The molecule has 0 saturated carbocycles. The Labute approximate surface area is 85.8 Å². The van der Waals surface area contributed by atoms with Crippen LogP contribution in [0.25, 0.3) is 11.3 Å². The Bertz CT molecular complexity index is 444. The Balaban J connectivity index is 2.58. The van der Waals surface area contributed by atoms with E-state index in [1.165, 1.54) is 6.33 Å². The average molecular weight is 207 g/mol. The molecular weight excluding hydrogens is 200 g/mol. The molecule has 0 saturated heterocycles. The van der Waals surface area contributed by atoms with Crippen molar-refractivity contribution in [3.63, 3.8) is 0 Å². The zero-order chi connectivity index (χ0) is 9.97. The minimum absolute atomic E-state index is 0.278. The third kappa shape index (κ3) is 1.52. The van der Waals surface area contributed by atoms with Crippen LogP contribution in [-0.2, 0) is 0 Å². The van der Waals surface area contributed by atoms with Crippen LogP contribution >= 0.6 is 11.6 Å². The van der Waals surface area contributed by atoms with Crippen LogP contribution in [0.1, 0.15) is 0 Å². The highest BCUT2D eigenvalue weighted by Gasteiger charge is 2.07. The molecule has 2 aromatic rings. The molecule has 2 N–H and O–H groups in total. The van der Waals surface area contributed by atoms with Gasteiger partial charge in [-0.15, -0.1) is 0 Å². The molecule has 0 aliphatic carbocycles. The van der Waals surface area contributed by atoms with Gasteiger partial charge in [0.05, 0.1) is 5.69 Å². The predicted octanol–water partition coefficient (Wildman–Crippen LogP) is 1.77. The van der Waals surface area contributed by atoms with E-state index < -0.39 is 0 Å². The second kappa shape index (κ2) is 3.59. The number of nitrogens with two attached hydrogens (primary N) is 1. The fourth-order valence-corrected chi connectivity index (χ4v) is 1.29. The third-order valence-electron chi connectivity index (χ3n) is 1.75. The fourth-order valence-electron chi connectivity index (χ4n) is 1.09. The maximum atomic E-state index is 5.95. The van der Waals surface area contributed by atoms with Crippen molar-refractivity contribution in [2.45, 2.75) is 0 Å². The molecule has 0 aliphatic rings. The predicted molar refractivity (Wildman–Crippen MR) is 54.7 cm³/mol. The number of hydrogen-bond donors (Lipinski definition) is 1. The molecule has 0 amide bonds.